The fourth-order valence-electron chi connectivity index (χ4n) is 0.876. The summed E-state index contributed by atoms with van der Waals surface area (Å²) in [5.74, 6) is 0. The van der Waals surface area contributed by atoms with Gasteiger partial charge in [0, 0.05) is 6.16 Å². The van der Waals surface area contributed by atoms with E-state index in [-0.39, 0.29) is 6.16 Å². The van der Waals surface area contributed by atoms with Crippen molar-refractivity contribution in [2.24, 2.45) is 0 Å². The van der Waals surface area contributed by atoms with Crippen molar-refractivity contribution in [3.63, 3.8) is 0 Å². The Morgan fingerprint density at radius 3 is 2.18 bits per heavy atom. The summed E-state index contributed by atoms with van der Waals surface area (Å²) >= 11 is 0. The maximum Gasteiger partial charge on any atom is 0.116 e. The summed E-state index contributed by atoms with van der Waals surface area (Å²) in [7, 11) is -2.89. The van der Waals surface area contributed by atoms with E-state index in [4.69, 9.17) is 9.79 Å². The van der Waals surface area contributed by atoms with Gasteiger partial charge >= 0.3 is 0 Å². The first kappa shape index (κ1) is 8.54. The number of benzene rings is 1. The molecule has 1 rings (SSSR count). The summed E-state index contributed by atoms with van der Waals surface area (Å²) in [6.45, 7) is 0. The fourth-order valence-corrected chi connectivity index (χ4v) is 1.67. The lowest BCUT2D eigenvalue weighted by molar-refractivity contribution is 0.475. The van der Waals surface area contributed by atoms with E-state index in [9.17, 15) is 0 Å². The van der Waals surface area contributed by atoms with Crippen molar-refractivity contribution in [3.8, 4) is 0 Å². The summed E-state index contributed by atoms with van der Waals surface area (Å²) in [4.78, 5) is 18.1. The monoisotopic (exact) mass is 170 g/mol. The van der Waals surface area contributed by atoms with E-state index in [1.54, 1.807) is 0 Å². The van der Waals surface area contributed by atoms with Crippen LogP contribution in [0.1, 0.15) is 5.56 Å². The van der Waals surface area contributed by atoms with Crippen molar-refractivity contribution in [1.29, 1.82) is 0 Å². The van der Waals surface area contributed by atoms with Crippen LogP contribution in [0.25, 0.3) is 0 Å². The van der Waals surface area contributed by atoms with Crippen molar-refractivity contribution in [3.05, 3.63) is 35.9 Å². The van der Waals surface area contributed by atoms with E-state index < -0.39 is 7.34 Å². The molecule has 0 spiro atoms. The Kier molecular flexibility index (Phi) is 2.50. The molecule has 0 amide bonds. The van der Waals surface area contributed by atoms with Gasteiger partial charge in [0.15, 0.2) is 0 Å². The molecule has 2 nitrogen and oxygen atoms in total. The quantitative estimate of drug-likeness (QED) is 0.659. The third-order valence-electron chi connectivity index (χ3n) is 1.28. The molecule has 0 aromatic heterocycles. The van der Waals surface area contributed by atoms with E-state index >= 15 is 0 Å². The summed E-state index contributed by atoms with van der Waals surface area (Å²) in [6, 6.07) is 9.33. The van der Waals surface area contributed by atoms with Crippen molar-refractivity contribution in [2.45, 2.75) is 6.16 Å². The van der Waals surface area contributed by atoms with Crippen LogP contribution in [-0.2, 0) is 6.16 Å². The molecule has 0 saturated carbocycles. The highest BCUT2D eigenvalue weighted by Crippen LogP contribution is 2.38. The van der Waals surface area contributed by atoms with Crippen LogP contribution in [0.2, 0.25) is 0 Å². The smallest absolute Gasteiger partial charge is 0.116 e. The molecule has 0 radical (unpaired) electrons. The van der Waals surface area contributed by atoms with Gasteiger partial charge in [-0.1, -0.05) is 36.6 Å². The Morgan fingerprint density at radius 1 is 1.18 bits per heavy atom. The van der Waals surface area contributed by atoms with E-state index in [2.05, 4.69) is 6.30 Å². The van der Waals surface area contributed by atoms with E-state index in [0.717, 1.165) is 5.56 Å². The largest absolute Gasteiger partial charge is 0.353 e. The van der Waals surface area contributed by atoms with Crippen molar-refractivity contribution >= 4 is 13.6 Å². The van der Waals surface area contributed by atoms with Crippen LogP contribution in [0, 0.1) is 0 Å². The second-order valence-electron chi connectivity index (χ2n) is 2.52. The minimum absolute atomic E-state index is 0.272. The van der Waals surface area contributed by atoms with Crippen molar-refractivity contribution < 1.29 is 9.79 Å². The standard InChI is InChI=1S/C8H11O2P/c1-11(9,10)7-8-5-3-2-4-6-8/h2-6,9-10H,1,7H2. The Balaban J connectivity index is 2.74. The molecule has 1 aromatic carbocycles. The summed E-state index contributed by atoms with van der Waals surface area (Å²) in [6.07, 6.45) is 3.56. The van der Waals surface area contributed by atoms with Gasteiger partial charge in [-0.05, 0) is 5.56 Å². The molecule has 0 aliphatic rings. The first-order chi connectivity index (χ1) is 5.08. The molecule has 0 unspecified atom stereocenters. The number of rotatable bonds is 2. The lowest BCUT2D eigenvalue weighted by Crippen LogP contribution is -1.85. The molecule has 0 heterocycles. The maximum absolute atomic E-state index is 9.03. The third-order valence-corrected chi connectivity index (χ3v) is 2.15. The highest BCUT2D eigenvalue weighted by atomic mass is 31.2. The highest BCUT2D eigenvalue weighted by Gasteiger charge is 2.04. The van der Waals surface area contributed by atoms with Crippen LogP contribution in [0.3, 0.4) is 0 Å². The fraction of sp³-hybridized carbons (Fsp3) is 0.125. The van der Waals surface area contributed by atoms with Crippen molar-refractivity contribution in [2.75, 3.05) is 0 Å². The minimum Gasteiger partial charge on any atom is -0.353 e. The molecule has 0 aliphatic carbocycles. The SMILES string of the molecule is C=P(O)(O)Cc1ccccc1. The second-order valence-corrected chi connectivity index (χ2v) is 4.60. The van der Waals surface area contributed by atoms with Gasteiger partial charge < -0.3 is 9.79 Å². The first-order valence-corrected chi connectivity index (χ1v) is 5.36. The Labute approximate surface area is 66.3 Å². The van der Waals surface area contributed by atoms with Crippen LogP contribution in [0.15, 0.2) is 30.3 Å². The number of hydrogen-bond acceptors (Lipinski definition) is 2. The predicted octanol–water partition coefficient (Wildman–Crippen LogP) is 1.45. The van der Waals surface area contributed by atoms with Crippen molar-refractivity contribution in [1.82, 2.24) is 0 Å². The van der Waals surface area contributed by atoms with Gasteiger partial charge in [0.1, 0.15) is 7.34 Å². The molecule has 0 saturated heterocycles. The molecule has 0 atom stereocenters. The minimum atomic E-state index is -2.89. The molecule has 11 heavy (non-hydrogen) atoms. The summed E-state index contributed by atoms with van der Waals surface area (Å²) < 4.78 is 0. The summed E-state index contributed by atoms with van der Waals surface area (Å²) in [5, 5.41) is 0. The molecule has 3 heteroatoms. The molecular weight excluding hydrogens is 159 g/mol. The molecule has 0 bridgehead atoms. The maximum atomic E-state index is 9.03. The molecule has 1 aromatic rings. The van der Waals surface area contributed by atoms with E-state index in [0.29, 0.717) is 0 Å². The topological polar surface area (TPSA) is 40.5 Å². The van der Waals surface area contributed by atoms with Gasteiger partial charge in [0.2, 0.25) is 0 Å². The average Bonchev–Trinajstić information content (AvgIpc) is 1.85. The molecule has 0 fully saturated rings. The van der Waals surface area contributed by atoms with Gasteiger partial charge in [0.25, 0.3) is 0 Å². The normalized spacial score (nSPS) is 11.5. The lowest BCUT2D eigenvalue weighted by Gasteiger charge is -2.08. The van der Waals surface area contributed by atoms with Crippen LogP contribution in [0.5, 0.6) is 0 Å². The lowest BCUT2D eigenvalue weighted by atomic mass is 10.2. The van der Waals surface area contributed by atoms with Crippen LogP contribution >= 0.6 is 7.34 Å². The van der Waals surface area contributed by atoms with Gasteiger partial charge in [-0.2, -0.15) is 0 Å². The van der Waals surface area contributed by atoms with Crippen LogP contribution < -0.4 is 0 Å². The number of hydrogen-bond donors (Lipinski definition) is 2. The zero-order valence-corrected chi connectivity index (χ0v) is 7.04. The third kappa shape index (κ3) is 3.38. The zero-order chi connectivity index (χ0) is 8.32. The molecule has 60 valence electrons. The van der Waals surface area contributed by atoms with Gasteiger partial charge in [-0.3, -0.25) is 0 Å². The Hall–Kier alpha value is -0.560. The van der Waals surface area contributed by atoms with Crippen LogP contribution in [-0.4, -0.2) is 16.1 Å². The van der Waals surface area contributed by atoms with Crippen LogP contribution in [0.4, 0.5) is 0 Å². The summed E-state index contributed by atoms with van der Waals surface area (Å²) in [5.41, 5.74) is 0.917. The van der Waals surface area contributed by atoms with Gasteiger partial charge in [-0.15, -0.1) is 0 Å². The molecule has 0 aliphatic heterocycles. The Bertz CT molecular complexity index is 263. The van der Waals surface area contributed by atoms with E-state index in [1.165, 1.54) is 0 Å². The first-order valence-electron chi connectivity index (χ1n) is 3.30. The predicted molar refractivity (Wildman–Crippen MR) is 48.6 cm³/mol. The van der Waals surface area contributed by atoms with E-state index in [1.807, 2.05) is 30.3 Å². The highest BCUT2D eigenvalue weighted by molar-refractivity contribution is 7.61. The van der Waals surface area contributed by atoms with Gasteiger partial charge in [0.05, 0.1) is 0 Å². The average molecular weight is 170 g/mol. The Morgan fingerprint density at radius 2 is 1.73 bits per heavy atom. The van der Waals surface area contributed by atoms with Gasteiger partial charge in [-0.25, -0.2) is 0 Å². The molecular formula is C8H11O2P. The second kappa shape index (κ2) is 3.22. The zero-order valence-electron chi connectivity index (χ0n) is 6.14. The molecule has 2 N–H and O–H groups in total.